The highest BCUT2D eigenvalue weighted by atomic mass is 15.2. The number of rotatable bonds is 6. The van der Waals surface area contributed by atoms with Crippen LogP contribution in [0.25, 0.3) is 0 Å². The van der Waals surface area contributed by atoms with E-state index in [0.717, 1.165) is 12.8 Å². The number of hydrogen-bond acceptors (Lipinski definition) is 3. The predicted molar refractivity (Wildman–Crippen MR) is 206 cm³/mol. The smallest absolute Gasteiger partial charge is 0.0565 e. The second-order valence-corrected chi connectivity index (χ2v) is 15.0. The summed E-state index contributed by atoms with van der Waals surface area (Å²) in [5.74, 6) is 0. The van der Waals surface area contributed by atoms with Crippen molar-refractivity contribution in [3.05, 3.63) is 166 Å². The average molecular weight is 632 g/mol. The number of hydrogen-bond donors (Lipinski definition) is 0. The zero-order valence-corrected chi connectivity index (χ0v) is 29.9. The highest BCUT2D eigenvalue weighted by Crippen LogP contribution is 2.49. The maximum absolute atomic E-state index is 2.47. The molecule has 1 atom stereocenters. The van der Waals surface area contributed by atoms with E-state index in [1.807, 2.05) is 0 Å². The van der Waals surface area contributed by atoms with Crippen molar-refractivity contribution >= 4 is 22.7 Å². The largest absolute Gasteiger partial charge is 0.367 e. The molecule has 244 valence electrons. The fraction of sp³-hybridized carbons (Fsp3) is 0.289. The van der Waals surface area contributed by atoms with Crippen molar-refractivity contribution in [2.24, 2.45) is 0 Å². The van der Waals surface area contributed by atoms with Gasteiger partial charge in [0.15, 0.2) is 0 Å². The third kappa shape index (κ3) is 5.30. The maximum Gasteiger partial charge on any atom is 0.0565 e. The number of para-hydroxylation sites is 2. The van der Waals surface area contributed by atoms with Crippen LogP contribution >= 0.6 is 0 Å². The van der Waals surface area contributed by atoms with Gasteiger partial charge in [-0.05, 0) is 91.4 Å². The van der Waals surface area contributed by atoms with Crippen LogP contribution in [0.15, 0.2) is 144 Å². The van der Waals surface area contributed by atoms with E-state index in [2.05, 4.69) is 192 Å². The molecule has 0 saturated carbocycles. The number of likely N-dealkylation sites (N-methyl/N-ethyl adjacent to an activating group) is 2. The van der Waals surface area contributed by atoms with E-state index in [-0.39, 0.29) is 16.9 Å². The fourth-order valence-corrected chi connectivity index (χ4v) is 8.36. The maximum atomic E-state index is 2.47. The number of aryl methyl sites for hydroxylation is 2. The zero-order valence-electron chi connectivity index (χ0n) is 29.9. The summed E-state index contributed by atoms with van der Waals surface area (Å²) in [5, 5.41) is 0. The molecule has 3 nitrogen and oxygen atoms in total. The number of benzene rings is 4. The van der Waals surface area contributed by atoms with Crippen LogP contribution in [-0.2, 0) is 10.8 Å². The minimum atomic E-state index is -0.0804. The van der Waals surface area contributed by atoms with Crippen LogP contribution in [0.3, 0.4) is 0 Å². The molecular formula is C45H49N3. The molecule has 3 aliphatic rings. The Hall–Kier alpha value is -4.76. The highest BCUT2D eigenvalue weighted by molar-refractivity contribution is 5.75. The molecule has 0 spiro atoms. The van der Waals surface area contributed by atoms with Crippen molar-refractivity contribution in [3.8, 4) is 0 Å². The first-order valence-corrected chi connectivity index (χ1v) is 17.4. The second-order valence-electron chi connectivity index (χ2n) is 15.0. The molecule has 0 saturated heterocycles. The second kappa shape index (κ2) is 12.0. The monoisotopic (exact) mass is 631 g/mol. The summed E-state index contributed by atoms with van der Waals surface area (Å²) in [6.45, 7) is 13.9. The van der Waals surface area contributed by atoms with E-state index in [0.29, 0.717) is 0 Å². The van der Waals surface area contributed by atoms with Crippen LogP contribution in [-0.4, -0.2) is 20.1 Å². The number of nitrogens with zero attached hydrogens (tertiary/aromatic N) is 3. The molecule has 4 aromatic carbocycles. The molecule has 0 N–H and O–H groups in total. The first-order valence-electron chi connectivity index (χ1n) is 17.4. The SMILES string of the molecule is Cc1ccc2c(c1)C(C)(C)/C(=C\C=C1/CCC(/C=C/C3N(C)c4ccc(C)cc4C3(C)C)=C1N(c1ccccc1)c1ccccc1)N2C. The van der Waals surface area contributed by atoms with Crippen LogP contribution in [0, 0.1) is 13.8 Å². The van der Waals surface area contributed by atoms with Crippen LogP contribution in [0.1, 0.15) is 62.8 Å². The van der Waals surface area contributed by atoms with Gasteiger partial charge in [0.05, 0.1) is 11.7 Å². The topological polar surface area (TPSA) is 9.72 Å². The number of anilines is 4. The lowest BCUT2D eigenvalue weighted by molar-refractivity contribution is 0.487. The molecule has 0 aromatic heterocycles. The Bertz CT molecular complexity index is 1930. The standard InChI is InChI=1S/C45H49N3/c1-31-19-25-39-37(29-31)44(3,4)41(46(39)7)27-23-33-21-22-34(24-28-42-45(5,6)38-30-32(2)20-26-40(38)47(42)8)43(33)48(35-15-11-9-12-16-35)36-17-13-10-14-18-36/h9-20,23-30,41H,21-22H2,1-8H3/b27-23+,34-24+,42-28+. The molecule has 2 aliphatic heterocycles. The van der Waals surface area contributed by atoms with Gasteiger partial charge >= 0.3 is 0 Å². The Morgan fingerprint density at radius 1 is 0.688 bits per heavy atom. The van der Waals surface area contributed by atoms with E-state index in [9.17, 15) is 0 Å². The van der Waals surface area contributed by atoms with Crippen LogP contribution in [0.5, 0.6) is 0 Å². The Morgan fingerprint density at radius 3 is 1.90 bits per heavy atom. The van der Waals surface area contributed by atoms with Gasteiger partial charge in [-0.1, -0.05) is 118 Å². The summed E-state index contributed by atoms with van der Waals surface area (Å²) in [7, 11) is 4.46. The summed E-state index contributed by atoms with van der Waals surface area (Å²) >= 11 is 0. The molecule has 0 bridgehead atoms. The lowest BCUT2D eigenvalue weighted by atomic mass is 9.79. The average Bonchev–Trinajstić information content (AvgIpc) is 3.61. The number of fused-ring (bicyclic) bond motifs is 2. The Kier molecular flexibility index (Phi) is 7.98. The third-order valence-electron chi connectivity index (χ3n) is 11.0. The summed E-state index contributed by atoms with van der Waals surface area (Å²) in [6.07, 6.45) is 11.7. The van der Waals surface area contributed by atoms with Crippen LogP contribution < -0.4 is 14.7 Å². The quantitative estimate of drug-likeness (QED) is 0.210. The zero-order chi connectivity index (χ0) is 33.8. The summed E-state index contributed by atoms with van der Waals surface area (Å²) in [5.41, 5.74) is 15.7. The van der Waals surface area contributed by atoms with Gasteiger partial charge in [-0.15, -0.1) is 0 Å². The predicted octanol–water partition coefficient (Wildman–Crippen LogP) is 11.1. The van der Waals surface area contributed by atoms with E-state index in [1.54, 1.807) is 0 Å². The van der Waals surface area contributed by atoms with Gasteiger partial charge in [-0.25, -0.2) is 0 Å². The molecule has 0 radical (unpaired) electrons. The first kappa shape index (κ1) is 31.8. The van der Waals surface area contributed by atoms with Crippen molar-refractivity contribution in [1.82, 2.24) is 0 Å². The van der Waals surface area contributed by atoms with Crippen molar-refractivity contribution in [2.45, 2.75) is 71.3 Å². The molecule has 2 heterocycles. The summed E-state index contributed by atoms with van der Waals surface area (Å²) in [4.78, 5) is 7.32. The van der Waals surface area contributed by atoms with Crippen LogP contribution in [0.2, 0.25) is 0 Å². The van der Waals surface area contributed by atoms with Gasteiger partial charge in [-0.3, -0.25) is 0 Å². The molecule has 0 amide bonds. The molecule has 1 unspecified atom stereocenters. The van der Waals surface area contributed by atoms with Crippen molar-refractivity contribution in [1.29, 1.82) is 0 Å². The normalized spacial score (nSPS) is 21.1. The first-order chi connectivity index (χ1) is 23.0. The Labute approximate surface area is 288 Å². The fourth-order valence-electron chi connectivity index (χ4n) is 8.36. The van der Waals surface area contributed by atoms with Gasteiger partial charge < -0.3 is 14.7 Å². The van der Waals surface area contributed by atoms with Gasteiger partial charge in [0.2, 0.25) is 0 Å². The van der Waals surface area contributed by atoms with Crippen molar-refractivity contribution in [3.63, 3.8) is 0 Å². The van der Waals surface area contributed by atoms with Gasteiger partial charge in [-0.2, -0.15) is 0 Å². The molecular weight excluding hydrogens is 583 g/mol. The minimum Gasteiger partial charge on any atom is -0.367 e. The van der Waals surface area contributed by atoms with Crippen molar-refractivity contribution in [2.75, 3.05) is 28.8 Å². The lowest BCUT2D eigenvalue weighted by Gasteiger charge is -2.30. The molecule has 3 heteroatoms. The van der Waals surface area contributed by atoms with Gasteiger partial charge in [0.1, 0.15) is 0 Å². The molecule has 4 aromatic rings. The van der Waals surface area contributed by atoms with E-state index < -0.39 is 0 Å². The summed E-state index contributed by atoms with van der Waals surface area (Å²) < 4.78 is 0. The van der Waals surface area contributed by atoms with Gasteiger partial charge in [0.25, 0.3) is 0 Å². The van der Waals surface area contributed by atoms with E-state index in [4.69, 9.17) is 0 Å². The molecule has 0 fully saturated rings. The molecule has 1 aliphatic carbocycles. The van der Waals surface area contributed by atoms with E-state index >= 15 is 0 Å². The van der Waals surface area contributed by atoms with Gasteiger partial charge in [0, 0.05) is 53.4 Å². The van der Waals surface area contributed by atoms with E-state index in [1.165, 1.54) is 67.5 Å². The Balaban J connectivity index is 1.36. The Morgan fingerprint density at radius 2 is 1.27 bits per heavy atom. The van der Waals surface area contributed by atoms with Crippen molar-refractivity contribution < 1.29 is 0 Å². The summed E-state index contributed by atoms with van der Waals surface area (Å²) in [6, 6.07) is 35.7. The molecule has 7 rings (SSSR count). The third-order valence-corrected chi connectivity index (χ3v) is 11.0. The highest BCUT2D eigenvalue weighted by Gasteiger charge is 2.42. The molecule has 48 heavy (non-hydrogen) atoms. The minimum absolute atomic E-state index is 0.000431. The lowest BCUT2D eigenvalue weighted by Crippen LogP contribution is -2.37. The van der Waals surface area contributed by atoms with Crippen LogP contribution in [0.4, 0.5) is 22.7 Å². The number of allylic oxidation sites excluding steroid dienone is 6.